The van der Waals surface area contributed by atoms with E-state index in [9.17, 15) is 4.79 Å². The van der Waals surface area contributed by atoms with Crippen LogP contribution in [0.4, 0.5) is 0 Å². The van der Waals surface area contributed by atoms with E-state index >= 15 is 0 Å². The minimum Gasteiger partial charge on any atom is -0.492 e. The Morgan fingerprint density at radius 3 is 2.76 bits per heavy atom. The highest BCUT2D eigenvalue weighted by molar-refractivity contribution is 6.00. The second kappa shape index (κ2) is 5.30. The highest BCUT2D eigenvalue weighted by Gasteiger charge is 2.07. The number of carbonyl (C=O) groups is 1. The largest absolute Gasteiger partial charge is 0.492 e. The van der Waals surface area contributed by atoms with E-state index in [0.29, 0.717) is 17.9 Å². The van der Waals surface area contributed by atoms with Crippen molar-refractivity contribution in [3.63, 3.8) is 0 Å². The highest BCUT2D eigenvalue weighted by atomic mass is 16.5. The number of hydrogen-bond acceptors (Lipinski definition) is 2. The average Bonchev–Trinajstić information content (AvgIpc) is 2.38. The Morgan fingerprint density at radius 1 is 1.18 bits per heavy atom. The van der Waals surface area contributed by atoms with Crippen LogP contribution >= 0.6 is 0 Å². The highest BCUT2D eigenvalue weighted by Crippen LogP contribution is 2.26. The fourth-order valence-corrected chi connectivity index (χ4v) is 1.78. The third-order valence-electron chi connectivity index (χ3n) is 2.63. The first-order chi connectivity index (χ1) is 8.36. The summed E-state index contributed by atoms with van der Waals surface area (Å²) in [6.07, 6.45) is 3.42. The molecule has 2 nitrogen and oxygen atoms in total. The molecule has 0 saturated heterocycles. The minimum absolute atomic E-state index is 0.544. The number of carbonyl (C=O) groups excluding carboxylic acids is 1. The molecule has 0 aliphatic rings. The van der Waals surface area contributed by atoms with E-state index in [2.05, 4.69) is 6.58 Å². The Labute approximate surface area is 101 Å². The summed E-state index contributed by atoms with van der Waals surface area (Å²) in [5, 5.41) is 1.98. The van der Waals surface area contributed by atoms with Crippen molar-refractivity contribution in [2.45, 2.75) is 6.42 Å². The second-order valence-corrected chi connectivity index (χ2v) is 3.74. The first kappa shape index (κ1) is 11.4. The molecule has 0 bridgehead atoms. The Morgan fingerprint density at radius 2 is 2.00 bits per heavy atom. The van der Waals surface area contributed by atoms with Gasteiger partial charge >= 0.3 is 0 Å². The van der Waals surface area contributed by atoms with Crippen molar-refractivity contribution in [1.29, 1.82) is 0 Å². The van der Waals surface area contributed by atoms with E-state index < -0.39 is 0 Å². The van der Waals surface area contributed by atoms with Crippen molar-refractivity contribution >= 4 is 17.1 Å². The van der Waals surface area contributed by atoms with E-state index in [0.717, 1.165) is 23.5 Å². The summed E-state index contributed by atoms with van der Waals surface area (Å²) in [5.41, 5.74) is 0.618. The number of hydrogen-bond donors (Lipinski definition) is 0. The zero-order valence-corrected chi connectivity index (χ0v) is 9.56. The van der Waals surface area contributed by atoms with Crippen LogP contribution in [0.5, 0.6) is 5.75 Å². The van der Waals surface area contributed by atoms with Crippen molar-refractivity contribution in [3.8, 4) is 5.75 Å². The molecule has 17 heavy (non-hydrogen) atoms. The maximum Gasteiger partial charge on any atom is 0.154 e. The number of benzene rings is 2. The molecule has 2 aromatic rings. The van der Waals surface area contributed by atoms with Crippen molar-refractivity contribution in [2.24, 2.45) is 0 Å². The SMILES string of the molecule is C=CCCOc1ccc2ccccc2c1C=O. The maximum absolute atomic E-state index is 11.2. The zero-order chi connectivity index (χ0) is 12.1. The third-order valence-corrected chi connectivity index (χ3v) is 2.63. The topological polar surface area (TPSA) is 26.3 Å². The molecule has 0 unspecified atom stereocenters. The fourth-order valence-electron chi connectivity index (χ4n) is 1.78. The van der Waals surface area contributed by atoms with Crippen molar-refractivity contribution < 1.29 is 9.53 Å². The van der Waals surface area contributed by atoms with Gasteiger partial charge in [-0.25, -0.2) is 0 Å². The number of rotatable bonds is 5. The van der Waals surface area contributed by atoms with Gasteiger partial charge in [-0.3, -0.25) is 4.79 Å². The molecule has 0 fully saturated rings. The molecule has 0 aliphatic heterocycles. The molecule has 2 aromatic carbocycles. The molecule has 0 spiro atoms. The molecule has 86 valence electrons. The lowest BCUT2D eigenvalue weighted by Gasteiger charge is -2.09. The molecular formula is C15H14O2. The molecular weight excluding hydrogens is 212 g/mol. The maximum atomic E-state index is 11.2. The van der Waals surface area contributed by atoms with Gasteiger partial charge in [0.25, 0.3) is 0 Å². The Bertz CT molecular complexity index is 544. The Kier molecular flexibility index (Phi) is 3.55. The normalized spacial score (nSPS) is 10.1. The summed E-state index contributed by atoms with van der Waals surface area (Å²) >= 11 is 0. The molecule has 0 N–H and O–H groups in total. The quantitative estimate of drug-likeness (QED) is 0.442. The van der Waals surface area contributed by atoms with E-state index in [1.807, 2.05) is 36.4 Å². The molecule has 0 heterocycles. The van der Waals surface area contributed by atoms with Crippen LogP contribution in [0, 0.1) is 0 Å². The van der Waals surface area contributed by atoms with Gasteiger partial charge in [0.15, 0.2) is 6.29 Å². The molecule has 0 saturated carbocycles. The summed E-state index contributed by atoms with van der Waals surface area (Å²) in [5.74, 6) is 0.639. The summed E-state index contributed by atoms with van der Waals surface area (Å²) in [7, 11) is 0. The van der Waals surface area contributed by atoms with Crippen LogP contribution in [0.2, 0.25) is 0 Å². The van der Waals surface area contributed by atoms with Crippen molar-refractivity contribution in [1.82, 2.24) is 0 Å². The van der Waals surface area contributed by atoms with Crippen LogP contribution < -0.4 is 4.74 Å². The van der Waals surface area contributed by atoms with Gasteiger partial charge in [0.05, 0.1) is 12.2 Å². The smallest absolute Gasteiger partial charge is 0.154 e. The van der Waals surface area contributed by atoms with Crippen LogP contribution in [-0.2, 0) is 0 Å². The number of aldehydes is 1. The van der Waals surface area contributed by atoms with E-state index in [-0.39, 0.29) is 0 Å². The predicted molar refractivity (Wildman–Crippen MR) is 69.6 cm³/mol. The Hall–Kier alpha value is -2.09. The van der Waals surface area contributed by atoms with Gasteiger partial charge in [-0.2, -0.15) is 0 Å². The molecule has 2 rings (SSSR count). The monoisotopic (exact) mass is 226 g/mol. The lowest BCUT2D eigenvalue weighted by atomic mass is 10.0. The van der Waals surface area contributed by atoms with Crippen LogP contribution in [0.25, 0.3) is 10.8 Å². The lowest BCUT2D eigenvalue weighted by Crippen LogP contribution is -1.99. The molecule has 0 aliphatic carbocycles. The fraction of sp³-hybridized carbons (Fsp3) is 0.133. The summed E-state index contributed by atoms with van der Waals surface area (Å²) in [6, 6.07) is 11.6. The first-order valence-electron chi connectivity index (χ1n) is 5.57. The van der Waals surface area contributed by atoms with Crippen molar-refractivity contribution in [2.75, 3.05) is 6.61 Å². The molecule has 2 heteroatoms. The molecule has 0 aromatic heterocycles. The predicted octanol–water partition coefficient (Wildman–Crippen LogP) is 3.61. The van der Waals surface area contributed by atoms with Crippen LogP contribution in [0.1, 0.15) is 16.8 Å². The third kappa shape index (κ3) is 2.36. The second-order valence-electron chi connectivity index (χ2n) is 3.74. The van der Waals surface area contributed by atoms with Gasteiger partial charge in [0.1, 0.15) is 5.75 Å². The van der Waals surface area contributed by atoms with Gasteiger partial charge in [-0.05, 0) is 23.3 Å². The van der Waals surface area contributed by atoms with Gasteiger partial charge in [0.2, 0.25) is 0 Å². The van der Waals surface area contributed by atoms with Crippen LogP contribution in [0.3, 0.4) is 0 Å². The summed E-state index contributed by atoms with van der Waals surface area (Å²) in [4.78, 5) is 11.2. The zero-order valence-electron chi connectivity index (χ0n) is 9.56. The minimum atomic E-state index is 0.544. The van der Waals surface area contributed by atoms with E-state index in [4.69, 9.17) is 4.74 Å². The standard InChI is InChI=1S/C15H14O2/c1-2-3-10-17-15-9-8-12-6-4-5-7-13(12)14(15)11-16/h2,4-9,11H,1,3,10H2. The lowest BCUT2D eigenvalue weighted by molar-refractivity contribution is 0.112. The van der Waals surface area contributed by atoms with Gasteiger partial charge < -0.3 is 4.74 Å². The number of fused-ring (bicyclic) bond motifs is 1. The van der Waals surface area contributed by atoms with Gasteiger partial charge in [0, 0.05) is 0 Å². The van der Waals surface area contributed by atoms with Crippen LogP contribution in [0.15, 0.2) is 49.1 Å². The number of ether oxygens (including phenoxy) is 1. The van der Waals surface area contributed by atoms with Gasteiger partial charge in [-0.1, -0.05) is 36.4 Å². The first-order valence-corrected chi connectivity index (χ1v) is 5.57. The van der Waals surface area contributed by atoms with Crippen LogP contribution in [-0.4, -0.2) is 12.9 Å². The van der Waals surface area contributed by atoms with E-state index in [1.54, 1.807) is 6.08 Å². The molecule has 0 amide bonds. The summed E-state index contributed by atoms with van der Waals surface area (Å²) < 4.78 is 5.57. The van der Waals surface area contributed by atoms with Gasteiger partial charge in [-0.15, -0.1) is 6.58 Å². The van der Waals surface area contributed by atoms with E-state index in [1.165, 1.54) is 0 Å². The average molecular weight is 226 g/mol. The molecule has 0 atom stereocenters. The Balaban J connectivity index is 2.42. The molecule has 0 radical (unpaired) electrons. The van der Waals surface area contributed by atoms with Crippen molar-refractivity contribution in [3.05, 3.63) is 54.6 Å². The summed E-state index contributed by atoms with van der Waals surface area (Å²) in [6.45, 7) is 4.18.